The first-order chi connectivity index (χ1) is 19.4. The molecule has 8 atom stereocenters. The predicted octanol–water partition coefficient (Wildman–Crippen LogP) is 5.53. The number of cyclic esters (lactones) is 1. The fourth-order valence-corrected chi connectivity index (χ4v) is 7.46. The number of carbonyl (C=O) groups excluding carboxylic acids is 4. The van der Waals surface area contributed by atoms with E-state index in [1.54, 1.807) is 39.6 Å². The van der Waals surface area contributed by atoms with Crippen LogP contribution in [0.2, 0.25) is 0 Å². The van der Waals surface area contributed by atoms with E-state index in [9.17, 15) is 19.2 Å². The lowest BCUT2D eigenvalue weighted by atomic mass is 9.74. The number of benzene rings is 1. The first kappa shape index (κ1) is 32.9. The Morgan fingerprint density at radius 3 is 2.27 bits per heavy atom. The molecular formula is C32H45NO7S. The summed E-state index contributed by atoms with van der Waals surface area (Å²) in [6.07, 6.45) is 3.25. The molecule has 0 bridgehead atoms. The third-order valence-corrected chi connectivity index (χ3v) is 9.71. The van der Waals surface area contributed by atoms with Crippen molar-refractivity contribution < 1.29 is 33.4 Å². The summed E-state index contributed by atoms with van der Waals surface area (Å²) in [5, 5.41) is 2.89. The summed E-state index contributed by atoms with van der Waals surface area (Å²) < 4.78 is 17.7. The molecule has 226 valence electrons. The van der Waals surface area contributed by atoms with Crippen molar-refractivity contribution in [1.82, 2.24) is 5.32 Å². The third-order valence-electron chi connectivity index (χ3n) is 8.58. The van der Waals surface area contributed by atoms with Crippen molar-refractivity contribution in [1.29, 1.82) is 0 Å². The minimum Gasteiger partial charge on any atom is -0.458 e. The van der Waals surface area contributed by atoms with E-state index in [2.05, 4.69) is 5.32 Å². The zero-order valence-corrected chi connectivity index (χ0v) is 26.1. The van der Waals surface area contributed by atoms with Gasteiger partial charge in [-0.3, -0.25) is 14.4 Å². The van der Waals surface area contributed by atoms with E-state index in [4.69, 9.17) is 14.2 Å². The number of thioether (sulfide) groups is 1. The molecule has 3 rings (SSSR count). The van der Waals surface area contributed by atoms with Gasteiger partial charge >= 0.3 is 12.1 Å². The predicted molar refractivity (Wildman–Crippen MR) is 159 cm³/mol. The molecule has 0 unspecified atom stereocenters. The number of methoxy groups -OCH3 is 1. The van der Waals surface area contributed by atoms with Crippen LogP contribution in [0.15, 0.2) is 42.5 Å². The fraction of sp³-hybridized carbons (Fsp3) is 0.625. The Kier molecular flexibility index (Phi) is 11.2. The molecule has 2 aliphatic rings. The Bertz CT molecular complexity index is 1120. The maximum atomic E-state index is 14.3. The second-order valence-corrected chi connectivity index (χ2v) is 12.7. The molecule has 8 nitrogen and oxygen atoms in total. The number of carbonyl (C=O) groups is 4. The van der Waals surface area contributed by atoms with Gasteiger partial charge in [-0.2, -0.15) is 11.8 Å². The maximum absolute atomic E-state index is 14.3. The van der Waals surface area contributed by atoms with Gasteiger partial charge in [0.15, 0.2) is 5.60 Å². The van der Waals surface area contributed by atoms with Crippen LogP contribution < -0.4 is 5.32 Å². The number of ether oxygens (including phenoxy) is 3. The molecule has 0 aromatic heterocycles. The zero-order valence-electron chi connectivity index (χ0n) is 25.3. The van der Waals surface area contributed by atoms with Gasteiger partial charge in [-0.1, -0.05) is 63.3 Å². The fourth-order valence-electron chi connectivity index (χ4n) is 6.30. The molecule has 1 aromatic rings. The number of alkyl carbamates (subject to hydrolysis) is 1. The Hall–Kier alpha value is -2.65. The largest absolute Gasteiger partial charge is 0.458 e. The summed E-state index contributed by atoms with van der Waals surface area (Å²) in [7, 11) is 1.58. The number of esters is 1. The molecule has 0 aliphatic carbocycles. The number of Topliss-reactive ketones (excluding diaryl/α,β-unsaturated/α-hetero) is 2. The van der Waals surface area contributed by atoms with E-state index in [-0.39, 0.29) is 11.6 Å². The lowest BCUT2D eigenvalue weighted by Gasteiger charge is -2.40. The van der Waals surface area contributed by atoms with E-state index in [0.717, 1.165) is 5.56 Å². The van der Waals surface area contributed by atoms with Gasteiger partial charge in [-0.15, -0.1) is 0 Å². The number of allylic oxidation sites excluding steroid dienone is 1. The zero-order chi connectivity index (χ0) is 30.4. The van der Waals surface area contributed by atoms with Gasteiger partial charge in [0, 0.05) is 30.5 Å². The van der Waals surface area contributed by atoms with Crippen LogP contribution in [0.1, 0.15) is 66.4 Å². The monoisotopic (exact) mass is 587 g/mol. The van der Waals surface area contributed by atoms with Crippen molar-refractivity contribution in [2.75, 3.05) is 12.9 Å². The number of fused-ring (bicyclic) bond motifs is 1. The van der Waals surface area contributed by atoms with Crippen molar-refractivity contribution >= 4 is 35.4 Å². The van der Waals surface area contributed by atoms with E-state index < -0.39 is 59.1 Å². The quantitative estimate of drug-likeness (QED) is 0.252. The summed E-state index contributed by atoms with van der Waals surface area (Å²) in [5.41, 5.74) is -1.07. The van der Waals surface area contributed by atoms with Crippen molar-refractivity contribution in [2.24, 2.45) is 23.7 Å². The van der Waals surface area contributed by atoms with Gasteiger partial charge in [0.25, 0.3) is 0 Å². The van der Waals surface area contributed by atoms with Crippen LogP contribution in [0.5, 0.6) is 0 Å². The molecule has 2 heterocycles. The molecule has 41 heavy (non-hydrogen) atoms. The third kappa shape index (κ3) is 7.41. The number of ketones is 2. The summed E-state index contributed by atoms with van der Waals surface area (Å²) in [4.78, 5) is 53.7. The van der Waals surface area contributed by atoms with Gasteiger partial charge < -0.3 is 19.5 Å². The van der Waals surface area contributed by atoms with E-state index in [1.165, 1.54) is 0 Å². The molecule has 0 saturated carbocycles. The smallest absolute Gasteiger partial charge is 0.408 e. The lowest BCUT2D eigenvalue weighted by molar-refractivity contribution is -0.170. The van der Waals surface area contributed by atoms with Crippen molar-refractivity contribution in [2.45, 2.75) is 89.9 Å². The number of nitrogens with one attached hydrogen (secondary N) is 1. The molecule has 0 radical (unpaired) electrons. The average molecular weight is 588 g/mol. The molecule has 1 aromatic carbocycles. The molecule has 0 spiro atoms. The Morgan fingerprint density at radius 1 is 1.05 bits per heavy atom. The lowest BCUT2D eigenvalue weighted by Crippen LogP contribution is -2.58. The molecule has 2 saturated heterocycles. The number of amides is 1. The van der Waals surface area contributed by atoms with Crippen molar-refractivity contribution in [3.05, 3.63) is 48.0 Å². The number of hydrogen-bond acceptors (Lipinski definition) is 8. The van der Waals surface area contributed by atoms with Crippen LogP contribution in [0.25, 0.3) is 0 Å². The van der Waals surface area contributed by atoms with Crippen LogP contribution in [0, 0.1) is 23.7 Å². The minimum atomic E-state index is -1.31. The molecule has 1 N–H and O–H groups in total. The normalized spacial score (nSPS) is 35.4. The Labute approximate surface area is 248 Å². The maximum Gasteiger partial charge on any atom is 0.408 e. The van der Waals surface area contributed by atoms with Crippen LogP contribution in [0.4, 0.5) is 4.79 Å². The highest BCUT2D eigenvalue weighted by molar-refractivity contribution is 7.98. The van der Waals surface area contributed by atoms with Gasteiger partial charge in [0.05, 0.1) is 17.6 Å². The highest BCUT2D eigenvalue weighted by Crippen LogP contribution is 2.40. The average Bonchev–Trinajstić information content (AvgIpc) is 3.26. The Balaban J connectivity index is 2.07. The molecule has 2 fully saturated rings. The van der Waals surface area contributed by atoms with Gasteiger partial charge in [0.2, 0.25) is 0 Å². The van der Waals surface area contributed by atoms with E-state index >= 15 is 0 Å². The van der Waals surface area contributed by atoms with Gasteiger partial charge in [-0.25, -0.2) is 4.79 Å². The first-order valence-corrected chi connectivity index (χ1v) is 15.6. The molecule has 2 aliphatic heterocycles. The summed E-state index contributed by atoms with van der Waals surface area (Å²) in [6, 6.07) is 9.25. The van der Waals surface area contributed by atoms with Gasteiger partial charge in [0.1, 0.15) is 23.6 Å². The van der Waals surface area contributed by atoms with Crippen LogP contribution in [-0.4, -0.2) is 59.8 Å². The van der Waals surface area contributed by atoms with Crippen LogP contribution in [0.3, 0.4) is 0 Å². The van der Waals surface area contributed by atoms with E-state index in [0.29, 0.717) is 30.8 Å². The summed E-state index contributed by atoms with van der Waals surface area (Å²) in [5.74, 6) is -2.45. The highest BCUT2D eigenvalue weighted by Gasteiger charge is 2.57. The molecule has 9 heteroatoms. The highest BCUT2D eigenvalue weighted by atomic mass is 32.2. The SMILES string of the molecule is C/C=C/[C@]1(OC)C[C@@H](C)C(=O)[C@@H](C)C(=O)O[C@H](CC)[C@@]2(C)OC(=O)N[C@@H]2[C@@H](CSCc2ccccc2)C(=O)[C@H](C)C1. The topological polar surface area (TPSA) is 108 Å². The second kappa shape index (κ2) is 14.0. The number of rotatable bonds is 7. The van der Waals surface area contributed by atoms with Crippen LogP contribution >= 0.6 is 11.8 Å². The summed E-state index contributed by atoms with van der Waals surface area (Å²) in [6.45, 7) is 10.6. The van der Waals surface area contributed by atoms with Crippen molar-refractivity contribution in [3.63, 3.8) is 0 Å². The summed E-state index contributed by atoms with van der Waals surface area (Å²) >= 11 is 1.61. The molecular weight excluding hydrogens is 542 g/mol. The van der Waals surface area contributed by atoms with Gasteiger partial charge in [-0.05, 0) is 45.6 Å². The van der Waals surface area contributed by atoms with Crippen LogP contribution in [-0.2, 0) is 34.3 Å². The number of hydrogen-bond donors (Lipinski definition) is 1. The first-order valence-electron chi connectivity index (χ1n) is 14.5. The second-order valence-electron chi connectivity index (χ2n) is 11.6. The minimum absolute atomic E-state index is 0.0379. The van der Waals surface area contributed by atoms with E-state index in [1.807, 2.05) is 63.3 Å². The molecule has 1 amide bonds. The van der Waals surface area contributed by atoms with Crippen molar-refractivity contribution in [3.8, 4) is 0 Å². The standard InChI is InChI=1S/C32H45NO7S/c1-8-15-32(38-7)16-20(3)26(34)22(5)29(36)39-25(9-2)31(6)28(33-30(37)40-31)24(27(35)21(4)17-32)19-41-18-23-13-11-10-12-14-23/h8,10-15,20-22,24-25,28H,9,16-19H2,1-7H3,(H,33,37)/b15-8+/t20-,21-,22-,24+,25-,28-,31-,32+/m1/s1. The Morgan fingerprint density at radius 2 is 1.68 bits per heavy atom.